The molecule has 1 N–H and O–H groups in total. The largest absolute Gasteiger partial charge is 0.487 e. The summed E-state index contributed by atoms with van der Waals surface area (Å²) in [5.41, 5.74) is 3.42. The van der Waals surface area contributed by atoms with Crippen LogP contribution in [-0.2, 0) is 17.9 Å². The minimum absolute atomic E-state index is 0.0157. The summed E-state index contributed by atoms with van der Waals surface area (Å²) in [6, 6.07) is 20.8. The molecule has 2 aromatic carbocycles. The van der Waals surface area contributed by atoms with E-state index < -0.39 is 0 Å². The zero-order valence-electron chi connectivity index (χ0n) is 17.9. The quantitative estimate of drug-likeness (QED) is 0.576. The fraction of sp³-hybridized carbons (Fsp3) is 0.240. The molecule has 0 bridgehead atoms. The zero-order chi connectivity index (χ0) is 22.1. The number of aromatic nitrogens is 1. The number of ether oxygens (including phenoxy) is 1. The van der Waals surface area contributed by atoms with Crippen LogP contribution in [0, 0.1) is 6.92 Å². The molecule has 160 valence electrons. The number of aryl methyl sites for hydroxylation is 1. The van der Waals surface area contributed by atoms with E-state index in [1.54, 1.807) is 30.3 Å². The van der Waals surface area contributed by atoms with E-state index in [2.05, 4.69) is 10.3 Å². The van der Waals surface area contributed by atoms with Gasteiger partial charge in [-0.05, 0) is 42.3 Å². The molecule has 3 rings (SSSR count). The normalized spacial score (nSPS) is 10.4. The molecule has 0 radical (unpaired) electrons. The number of hydrogen-bond donors (Lipinski definition) is 1. The maximum Gasteiger partial charge on any atom is 0.251 e. The lowest BCUT2D eigenvalue weighted by molar-refractivity contribution is -0.130. The lowest BCUT2D eigenvalue weighted by Crippen LogP contribution is -2.31. The van der Waals surface area contributed by atoms with Gasteiger partial charge in [-0.3, -0.25) is 14.6 Å². The van der Waals surface area contributed by atoms with Crippen molar-refractivity contribution in [1.29, 1.82) is 0 Å². The Bertz CT molecular complexity index is 1000. The fourth-order valence-electron chi connectivity index (χ4n) is 3.03. The minimum Gasteiger partial charge on any atom is -0.487 e. The molecule has 0 aliphatic rings. The van der Waals surface area contributed by atoms with Crippen molar-refractivity contribution in [2.45, 2.75) is 26.5 Å². The molecule has 2 amide bonds. The Morgan fingerprint density at radius 1 is 1.00 bits per heavy atom. The van der Waals surface area contributed by atoms with E-state index in [4.69, 9.17) is 4.74 Å². The molecule has 0 fully saturated rings. The maximum absolute atomic E-state index is 12.5. The summed E-state index contributed by atoms with van der Waals surface area (Å²) < 4.78 is 5.73. The average Bonchev–Trinajstić information content (AvgIpc) is 2.79. The molecule has 0 unspecified atom stereocenters. The van der Waals surface area contributed by atoms with Gasteiger partial charge in [-0.2, -0.15) is 0 Å². The van der Waals surface area contributed by atoms with Crippen molar-refractivity contribution in [2.24, 2.45) is 0 Å². The van der Waals surface area contributed by atoms with Crippen LogP contribution < -0.4 is 10.1 Å². The van der Waals surface area contributed by atoms with E-state index in [1.807, 2.05) is 61.5 Å². The van der Waals surface area contributed by atoms with Gasteiger partial charge in [0.05, 0.1) is 6.20 Å². The standard InChI is InChI=1S/C25H27N3O3/c1-19-11-12-23(16-27-19)31-18-21-9-6-10-22(15-21)25(30)26-14-13-24(29)28(2)17-20-7-4-3-5-8-20/h3-12,15-16H,13-14,17-18H2,1-2H3,(H,26,30). The molecule has 6 heteroatoms. The van der Waals surface area contributed by atoms with E-state index in [9.17, 15) is 9.59 Å². The van der Waals surface area contributed by atoms with Crippen LogP contribution in [0.15, 0.2) is 72.9 Å². The Morgan fingerprint density at radius 3 is 2.52 bits per heavy atom. The summed E-state index contributed by atoms with van der Waals surface area (Å²) in [7, 11) is 1.77. The van der Waals surface area contributed by atoms with Crippen LogP contribution in [0.5, 0.6) is 5.75 Å². The highest BCUT2D eigenvalue weighted by Crippen LogP contribution is 2.13. The van der Waals surface area contributed by atoms with Crippen LogP contribution in [0.3, 0.4) is 0 Å². The van der Waals surface area contributed by atoms with Crippen LogP contribution in [-0.4, -0.2) is 35.3 Å². The van der Waals surface area contributed by atoms with Gasteiger partial charge in [0.25, 0.3) is 5.91 Å². The van der Waals surface area contributed by atoms with Crippen molar-refractivity contribution in [3.8, 4) is 5.75 Å². The summed E-state index contributed by atoms with van der Waals surface area (Å²) >= 11 is 0. The predicted octanol–water partition coefficient (Wildman–Crippen LogP) is 3.75. The van der Waals surface area contributed by atoms with Gasteiger partial charge in [-0.1, -0.05) is 42.5 Å². The number of rotatable bonds is 9. The first-order chi connectivity index (χ1) is 15.0. The van der Waals surface area contributed by atoms with Crippen molar-refractivity contribution in [3.63, 3.8) is 0 Å². The highest BCUT2D eigenvalue weighted by atomic mass is 16.5. The molecule has 0 saturated heterocycles. The second-order valence-electron chi connectivity index (χ2n) is 7.37. The zero-order valence-corrected chi connectivity index (χ0v) is 17.9. The lowest BCUT2D eigenvalue weighted by atomic mass is 10.1. The van der Waals surface area contributed by atoms with Gasteiger partial charge in [0.15, 0.2) is 0 Å². The third-order valence-corrected chi connectivity index (χ3v) is 4.79. The number of carbonyl (C=O) groups excluding carboxylic acids is 2. The molecule has 1 heterocycles. The summed E-state index contributed by atoms with van der Waals surface area (Å²) in [4.78, 5) is 30.6. The Morgan fingerprint density at radius 2 is 1.77 bits per heavy atom. The maximum atomic E-state index is 12.5. The Hall–Kier alpha value is -3.67. The molecule has 1 aromatic heterocycles. The number of amides is 2. The monoisotopic (exact) mass is 417 g/mol. The predicted molar refractivity (Wildman–Crippen MR) is 120 cm³/mol. The lowest BCUT2D eigenvalue weighted by Gasteiger charge is -2.17. The van der Waals surface area contributed by atoms with Crippen molar-refractivity contribution in [3.05, 3.63) is 95.3 Å². The Balaban J connectivity index is 1.45. The molecule has 0 atom stereocenters. The Labute approximate surface area is 182 Å². The van der Waals surface area contributed by atoms with Crippen LogP contribution >= 0.6 is 0 Å². The molecule has 0 aliphatic carbocycles. The number of nitrogens with zero attached hydrogens (tertiary/aromatic N) is 2. The number of benzene rings is 2. The first kappa shape index (κ1) is 22.0. The van der Waals surface area contributed by atoms with E-state index in [0.29, 0.717) is 24.5 Å². The topological polar surface area (TPSA) is 71.5 Å². The van der Waals surface area contributed by atoms with Gasteiger partial charge < -0.3 is 15.0 Å². The first-order valence-electron chi connectivity index (χ1n) is 10.2. The summed E-state index contributed by atoms with van der Waals surface area (Å²) in [6.45, 7) is 3.09. The second kappa shape index (κ2) is 10.9. The van der Waals surface area contributed by atoms with E-state index in [-0.39, 0.29) is 24.8 Å². The third-order valence-electron chi connectivity index (χ3n) is 4.79. The van der Waals surface area contributed by atoms with Gasteiger partial charge in [0.1, 0.15) is 12.4 Å². The van der Waals surface area contributed by atoms with Crippen molar-refractivity contribution in [1.82, 2.24) is 15.2 Å². The molecular weight excluding hydrogens is 390 g/mol. The Kier molecular flexibility index (Phi) is 7.76. The summed E-state index contributed by atoms with van der Waals surface area (Å²) in [5, 5.41) is 2.82. The van der Waals surface area contributed by atoms with Crippen LogP contribution in [0.1, 0.15) is 33.6 Å². The van der Waals surface area contributed by atoms with Gasteiger partial charge in [-0.15, -0.1) is 0 Å². The van der Waals surface area contributed by atoms with Crippen molar-refractivity contribution >= 4 is 11.8 Å². The second-order valence-corrected chi connectivity index (χ2v) is 7.37. The van der Waals surface area contributed by atoms with E-state index in [0.717, 1.165) is 16.8 Å². The molecular formula is C25H27N3O3. The first-order valence-corrected chi connectivity index (χ1v) is 10.2. The summed E-state index contributed by atoms with van der Waals surface area (Å²) in [6.07, 6.45) is 1.93. The highest BCUT2D eigenvalue weighted by Gasteiger charge is 2.11. The summed E-state index contributed by atoms with van der Waals surface area (Å²) in [5.74, 6) is 0.453. The molecule has 31 heavy (non-hydrogen) atoms. The van der Waals surface area contributed by atoms with Crippen LogP contribution in [0.4, 0.5) is 0 Å². The van der Waals surface area contributed by atoms with Crippen molar-refractivity contribution < 1.29 is 14.3 Å². The van der Waals surface area contributed by atoms with Gasteiger partial charge in [0, 0.05) is 37.8 Å². The van der Waals surface area contributed by atoms with Crippen LogP contribution in [0.25, 0.3) is 0 Å². The number of pyridine rings is 1. The molecule has 0 spiro atoms. The van der Waals surface area contributed by atoms with Crippen LogP contribution in [0.2, 0.25) is 0 Å². The number of carbonyl (C=O) groups is 2. The third kappa shape index (κ3) is 6.96. The van der Waals surface area contributed by atoms with Gasteiger partial charge >= 0.3 is 0 Å². The van der Waals surface area contributed by atoms with E-state index in [1.165, 1.54) is 0 Å². The number of nitrogens with one attached hydrogen (secondary N) is 1. The minimum atomic E-state index is -0.211. The highest BCUT2D eigenvalue weighted by molar-refractivity contribution is 5.94. The smallest absolute Gasteiger partial charge is 0.251 e. The van der Waals surface area contributed by atoms with Gasteiger partial charge in [0.2, 0.25) is 5.91 Å². The molecule has 6 nitrogen and oxygen atoms in total. The molecule has 0 aliphatic heterocycles. The van der Waals surface area contributed by atoms with Crippen molar-refractivity contribution in [2.75, 3.05) is 13.6 Å². The molecule has 0 saturated carbocycles. The fourth-order valence-corrected chi connectivity index (χ4v) is 3.03. The van der Waals surface area contributed by atoms with E-state index >= 15 is 0 Å². The average molecular weight is 418 g/mol. The van der Waals surface area contributed by atoms with Gasteiger partial charge in [-0.25, -0.2) is 0 Å². The molecule has 3 aromatic rings. The number of hydrogen-bond acceptors (Lipinski definition) is 4. The SMILES string of the molecule is Cc1ccc(OCc2cccc(C(=O)NCCC(=O)N(C)Cc3ccccc3)c2)cn1.